The number of guanidine groups is 1. The van der Waals surface area contributed by atoms with E-state index in [2.05, 4.69) is 77.5 Å². The molecule has 2 heterocycles. The molecule has 3 nitrogen and oxygen atoms in total. The van der Waals surface area contributed by atoms with Gasteiger partial charge in [-0.3, -0.25) is 4.99 Å². The van der Waals surface area contributed by atoms with Gasteiger partial charge in [0.25, 0.3) is 0 Å². The lowest BCUT2D eigenvalue weighted by atomic mass is 10.1. The molecule has 1 aromatic carbocycles. The first-order valence-electron chi connectivity index (χ1n) is 6.19. The van der Waals surface area contributed by atoms with Crippen molar-refractivity contribution in [2.24, 2.45) is 10.7 Å². The van der Waals surface area contributed by atoms with Gasteiger partial charge in [-0.05, 0) is 61.0 Å². The van der Waals surface area contributed by atoms with E-state index in [9.17, 15) is 0 Å². The predicted octanol–water partition coefficient (Wildman–Crippen LogP) is 4.14. The second kappa shape index (κ2) is 5.87. The van der Waals surface area contributed by atoms with Gasteiger partial charge in [-0.15, -0.1) is 11.3 Å². The smallest absolute Gasteiger partial charge is 0.192 e. The highest BCUT2D eigenvalue weighted by Gasteiger charge is 2.28. The van der Waals surface area contributed by atoms with Gasteiger partial charge in [-0.25, -0.2) is 0 Å². The van der Waals surface area contributed by atoms with E-state index in [1.165, 1.54) is 10.4 Å². The highest BCUT2D eigenvalue weighted by atomic mass is 79.9. The normalized spacial score (nSPS) is 18.4. The third-order valence-electron chi connectivity index (χ3n) is 3.33. The predicted molar refractivity (Wildman–Crippen MR) is 90.9 cm³/mol. The van der Waals surface area contributed by atoms with Crippen molar-refractivity contribution >= 4 is 49.2 Å². The van der Waals surface area contributed by atoms with Gasteiger partial charge in [-0.1, -0.05) is 12.1 Å². The summed E-state index contributed by atoms with van der Waals surface area (Å²) in [5.74, 6) is 0.627. The van der Waals surface area contributed by atoms with E-state index in [1.807, 2.05) is 0 Å². The highest BCUT2D eigenvalue weighted by Crippen LogP contribution is 2.32. The van der Waals surface area contributed by atoms with Crippen LogP contribution in [0.15, 0.2) is 49.6 Å². The summed E-state index contributed by atoms with van der Waals surface area (Å²) in [7, 11) is 0. The van der Waals surface area contributed by atoms with Crippen molar-refractivity contribution in [2.45, 2.75) is 12.6 Å². The molecule has 1 aliphatic heterocycles. The summed E-state index contributed by atoms with van der Waals surface area (Å²) < 4.78 is 2.11. The van der Waals surface area contributed by atoms with Gasteiger partial charge in [0.05, 0.1) is 19.1 Å². The van der Waals surface area contributed by atoms with E-state index in [4.69, 9.17) is 5.73 Å². The van der Waals surface area contributed by atoms with Crippen molar-refractivity contribution in [3.05, 3.63) is 55.1 Å². The van der Waals surface area contributed by atoms with Crippen LogP contribution in [0.1, 0.15) is 16.5 Å². The Morgan fingerprint density at radius 1 is 1.30 bits per heavy atom. The van der Waals surface area contributed by atoms with E-state index in [-0.39, 0.29) is 6.04 Å². The molecule has 6 heteroatoms. The summed E-state index contributed by atoms with van der Waals surface area (Å²) >= 11 is 8.80. The molecule has 0 amide bonds. The molecule has 0 bridgehead atoms. The number of halogens is 2. The van der Waals surface area contributed by atoms with Crippen molar-refractivity contribution in [1.82, 2.24) is 4.90 Å². The van der Waals surface area contributed by atoms with E-state index in [1.54, 1.807) is 11.3 Å². The molecule has 1 aromatic heterocycles. The minimum Gasteiger partial charge on any atom is -0.370 e. The Labute approximate surface area is 138 Å². The molecule has 2 N–H and O–H groups in total. The second-order valence-corrected chi connectivity index (χ2v) is 7.34. The lowest BCUT2D eigenvalue weighted by Crippen LogP contribution is -2.35. The van der Waals surface area contributed by atoms with Crippen LogP contribution < -0.4 is 5.73 Å². The molecule has 1 unspecified atom stereocenters. The van der Waals surface area contributed by atoms with Crippen molar-refractivity contribution in [2.75, 3.05) is 6.54 Å². The van der Waals surface area contributed by atoms with Crippen LogP contribution in [0.25, 0.3) is 0 Å². The van der Waals surface area contributed by atoms with Gasteiger partial charge in [0.2, 0.25) is 0 Å². The first-order chi connectivity index (χ1) is 9.65. The summed E-state index contributed by atoms with van der Waals surface area (Å²) in [6.45, 7) is 1.52. The fraction of sp³-hybridized carbons (Fsp3) is 0.214. The van der Waals surface area contributed by atoms with Crippen molar-refractivity contribution in [3.8, 4) is 0 Å². The number of hydrogen-bond acceptors (Lipinski definition) is 4. The highest BCUT2D eigenvalue weighted by molar-refractivity contribution is 9.13. The first-order valence-corrected chi connectivity index (χ1v) is 8.65. The maximum Gasteiger partial charge on any atom is 0.192 e. The Bertz CT molecular complexity index is 640. The molecule has 104 valence electrons. The zero-order valence-electron chi connectivity index (χ0n) is 10.6. The summed E-state index contributed by atoms with van der Waals surface area (Å²) in [6.07, 6.45) is 0. The molecule has 0 saturated heterocycles. The third kappa shape index (κ3) is 2.77. The van der Waals surface area contributed by atoms with Crippen LogP contribution in [-0.2, 0) is 6.54 Å². The van der Waals surface area contributed by atoms with Crippen LogP contribution in [0.2, 0.25) is 0 Å². The topological polar surface area (TPSA) is 41.6 Å². The molecule has 0 spiro atoms. The molecular formula is C14H13Br2N3S. The summed E-state index contributed by atoms with van der Waals surface area (Å²) in [5, 5.41) is 2.09. The standard InChI is InChI=1S/C14H13Br2N3S/c15-11-4-3-9(6-12(11)16)13-7-18-14(17)19(13)8-10-2-1-5-20-10/h1-6,13H,7-8H2,(H2,17,18). The fourth-order valence-electron chi connectivity index (χ4n) is 2.30. The van der Waals surface area contributed by atoms with Crippen LogP contribution in [0.5, 0.6) is 0 Å². The van der Waals surface area contributed by atoms with Gasteiger partial charge in [0, 0.05) is 13.8 Å². The number of thiophene rings is 1. The summed E-state index contributed by atoms with van der Waals surface area (Å²) in [4.78, 5) is 7.87. The third-order valence-corrected chi connectivity index (χ3v) is 6.07. The number of rotatable bonds is 3. The molecule has 20 heavy (non-hydrogen) atoms. The minimum atomic E-state index is 0.210. The maximum atomic E-state index is 6.05. The lowest BCUT2D eigenvalue weighted by molar-refractivity contribution is 0.343. The Kier molecular flexibility index (Phi) is 4.14. The van der Waals surface area contributed by atoms with E-state index in [0.717, 1.165) is 15.5 Å². The lowest BCUT2D eigenvalue weighted by Gasteiger charge is -2.26. The van der Waals surface area contributed by atoms with E-state index >= 15 is 0 Å². The average Bonchev–Trinajstić information content (AvgIpc) is 3.05. The van der Waals surface area contributed by atoms with Crippen LogP contribution in [0, 0.1) is 0 Å². The van der Waals surface area contributed by atoms with Gasteiger partial charge in [0.15, 0.2) is 5.96 Å². The average molecular weight is 415 g/mol. The van der Waals surface area contributed by atoms with Crippen molar-refractivity contribution < 1.29 is 0 Å². The van der Waals surface area contributed by atoms with Crippen LogP contribution >= 0.6 is 43.2 Å². The maximum absolute atomic E-state index is 6.05. The van der Waals surface area contributed by atoms with Crippen LogP contribution in [-0.4, -0.2) is 17.4 Å². The number of nitrogens with zero attached hydrogens (tertiary/aromatic N) is 2. The van der Waals surface area contributed by atoms with Crippen molar-refractivity contribution in [1.29, 1.82) is 0 Å². The SMILES string of the molecule is NC1=NCC(c2ccc(Br)c(Br)c2)N1Cc1cccs1. The quantitative estimate of drug-likeness (QED) is 0.819. The Hall–Kier alpha value is -0.850. The summed E-state index contributed by atoms with van der Waals surface area (Å²) in [5.41, 5.74) is 7.27. The number of nitrogens with two attached hydrogens (primary N) is 1. The van der Waals surface area contributed by atoms with E-state index in [0.29, 0.717) is 12.5 Å². The second-order valence-electron chi connectivity index (χ2n) is 4.60. The Balaban J connectivity index is 1.86. The van der Waals surface area contributed by atoms with Gasteiger partial charge in [-0.2, -0.15) is 0 Å². The molecule has 0 saturated carbocycles. The number of hydrogen-bond donors (Lipinski definition) is 1. The van der Waals surface area contributed by atoms with Crippen LogP contribution in [0.3, 0.4) is 0 Å². The molecule has 1 aliphatic rings. The Morgan fingerprint density at radius 3 is 2.85 bits per heavy atom. The molecule has 1 atom stereocenters. The van der Waals surface area contributed by atoms with Crippen molar-refractivity contribution in [3.63, 3.8) is 0 Å². The van der Waals surface area contributed by atoms with Gasteiger partial charge in [0.1, 0.15) is 0 Å². The zero-order valence-corrected chi connectivity index (χ0v) is 14.6. The molecule has 0 fully saturated rings. The van der Waals surface area contributed by atoms with Crippen LogP contribution in [0.4, 0.5) is 0 Å². The molecule has 0 aliphatic carbocycles. The minimum absolute atomic E-state index is 0.210. The molecule has 2 aromatic rings. The monoisotopic (exact) mass is 413 g/mol. The largest absolute Gasteiger partial charge is 0.370 e. The molecular weight excluding hydrogens is 402 g/mol. The molecule has 0 radical (unpaired) electrons. The first kappa shape index (κ1) is 14.1. The van der Waals surface area contributed by atoms with Gasteiger partial charge >= 0.3 is 0 Å². The van der Waals surface area contributed by atoms with Gasteiger partial charge < -0.3 is 10.6 Å². The van der Waals surface area contributed by atoms with E-state index < -0.39 is 0 Å². The zero-order chi connectivity index (χ0) is 14.1. The number of benzene rings is 1. The molecule has 3 rings (SSSR count). The fourth-order valence-corrected chi connectivity index (χ4v) is 3.64. The summed E-state index contributed by atoms with van der Waals surface area (Å²) in [6, 6.07) is 10.7. The Morgan fingerprint density at radius 2 is 2.15 bits per heavy atom. The number of aliphatic imine (C=N–C) groups is 1.